The monoisotopic (exact) mass is 477 g/mol. The van der Waals surface area contributed by atoms with Crippen molar-refractivity contribution in [3.8, 4) is 11.1 Å². The number of rotatable bonds is 7. The second kappa shape index (κ2) is 9.34. The van der Waals surface area contributed by atoms with Crippen LogP contribution in [0.3, 0.4) is 0 Å². The molecule has 0 aromatic heterocycles. The quantitative estimate of drug-likeness (QED) is 0.636. The smallest absolute Gasteiger partial charge is 0.407 e. The summed E-state index contributed by atoms with van der Waals surface area (Å²) in [5.41, 5.74) is 4.54. The third kappa shape index (κ3) is 4.27. The van der Waals surface area contributed by atoms with Crippen LogP contribution in [-0.2, 0) is 14.3 Å². The van der Waals surface area contributed by atoms with E-state index in [0.29, 0.717) is 19.4 Å². The fourth-order valence-electron chi connectivity index (χ4n) is 6.11. The van der Waals surface area contributed by atoms with Crippen LogP contribution in [0.25, 0.3) is 11.1 Å². The van der Waals surface area contributed by atoms with Gasteiger partial charge in [0, 0.05) is 24.5 Å². The summed E-state index contributed by atoms with van der Waals surface area (Å²) < 4.78 is 5.66. The van der Waals surface area contributed by atoms with Crippen LogP contribution in [0.2, 0.25) is 0 Å². The largest absolute Gasteiger partial charge is 0.481 e. The van der Waals surface area contributed by atoms with Gasteiger partial charge in [-0.15, -0.1) is 0 Å². The van der Waals surface area contributed by atoms with Gasteiger partial charge in [0.05, 0.1) is 5.92 Å². The molecule has 1 aliphatic carbocycles. The molecule has 2 aromatic rings. The Morgan fingerprint density at radius 3 is 2.26 bits per heavy atom. The van der Waals surface area contributed by atoms with E-state index in [4.69, 9.17) is 4.74 Å². The predicted octanol–water partition coefficient (Wildman–Crippen LogP) is 2.92. The molecule has 184 valence electrons. The Morgan fingerprint density at radius 1 is 1.06 bits per heavy atom. The second-order valence-corrected chi connectivity index (χ2v) is 10.0. The minimum atomic E-state index is -0.858. The van der Waals surface area contributed by atoms with Crippen molar-refractivity contribution in [2.75, 3.05) is 27.2 Å². The molecule has 0 radical (unpaired) electrons. The van der Waals surface area contributed by atoms with Gasteiger partial charge in [-0.3, -0.25) is 9.59 Å². The van der Waals surface area contributed by atoms with Gasteiger partial charge in [0.25, 0.3) is 0 Å². The first-order valence-electron chi connectivity index (χ1n) is 12.2. The van der Waals surface area contributed by atoms with Crippen LogP contribution < -0.4 is 5.32 Å². The minimum Gasteiger partial charge on any atom is -0.481 e. The van der Waals surface area contributed by atoms with E-state index >= 15 is 0 Å². The summed E-state index contributed by atoms with van der Waals surface area (Å²) in [4.78, 5) is 41.5. The van der Waals surface area contributed by atoms with Crippen LogP contribution >= 0.6 is 0 Å². The van der Waals surface area contributed by atoms with Crippen molar-refractivity contribution in [1.82, 2.24) is 15.1 Å². The highest BCUT2D eigenvalue weighted by Gasteiger charge is 2.52. The summed E-state index contributed by atoms with van der Waals surface area (Å²) in [6.07, 6.45) is 1.33. The summed E-state index contributed by atoms with van der Waals surface area (Å²) in [5, 5.41) is 12.3. The SMILES string of the molecule is CN(C)C[C@H](NC(=O)OCC1c2ccccc2-c2ccccc21)C(=O)N1C2CCC1C(C(=O)O)C2. The molecule has 2 saturated heterocycles. The molecule has 5 rings (SSSR count). The molecule has 2 aromatic carbocycles. The van der Waals surface area contributed by atoms with Crippen LogP contribution in [0.4, 0.5) is 4.79 Å². The van der Waals surface area contributed by atoms with E-state index in [1.807, 2.05) is 43.3 Å². The van der Waals surface area contributed by atoms with Crippen molar-refractivity contribution in [2.24, 2.45) is 5.92 Å². The molecule has 2 amide bonds. The van der Waals surface area contributed by atoms with Crippen molar-refractivity contribution in [3.63, 3.8) is 0 Å². The lowest BCUT2D eigenvalue weighted by molar-refractivity contribution is -0.143. The number of aliphatic carboxylic acids is 1. The maximum Gasteiger partial charge on any atom is 0.407 e. The zero-order valence-electron chi connectivity index (χ0n) is 20.0. The van der Waals surface area contributed by atoms with Crippen LogP contribution in [0.15, 0.2) is 48.5 Å². The van der Waals surface area contributed by atoms with Gasteiger partial charge in [0.15, 0.2) is 0 Å². The molecule has 8 heteroatoms. The highest BCUT2D eigenvalue weighted by molar-refractivity contribution is 5.88. The van der Waals surface area contributed by atoms with Crippen molar-refractivity contribution in [2.45, 2.75) is 43.3 Å². The Morgan fingerprint density at radius 2 is 1.69 bits per heavy atom. The van der Waals surface area contributed by atoms with E-state index < -0.39 is 24.0 Å². The molecule has 35 heavy (non-hydrogen) atoms. The van der Waals surface area contributed by atoms with Crippen LogP contribution in [0.1, 0.15) is 36.3 Å². The van der Waals surface area contributed by atoms with E-state index in [1.54, 1.807) is 4.90 Å². The van der Waals surface area contributed by atoms with Gasteiger partial charge in [-0.25, -0.2) is 4.79 Å². The molecular weight excluding hydrogens is 446 g/mol. The molecule has 3 aliphatic rings. The topological polar surface area (TPSA) is 99.2 Å². The number of carboxylic acid groups (broad SMARTS) is 1. The zero-order chi connectivity index (χ0) is 24.7. The summed E-state index contributed by atoms with van der Waals surface area (Å²) in [5.74, 6) is -1.69. The fraction of sp³-hybridized carbons (Fsp3) is 0.444. The van der Waals surface area contributed by atoms with Crippen molar-refractivity contribution in [3.05, 3.63) is 59.7 Å². The molecule has 0 saturated carbocycles. The number of ether oxygens (including phenoxy) is 1. The van der Waals surface area contributed by atoms with E-state index in [9.17, 15) is 19.5 Å². The lowest BCUT2D eigenvalue weighted by atomic mass is 9.89. The third-order valence-corrected chi connectivity index (χ3v) is 7.59. The Kier molecular flexibility index (Phi) is 6.23. The number of carboxylic acids is 1. The number of benzene rings is 2. The molecule has 8 nitrogen and oxygen atoms in total. The standard InChI is InChI=1S/C27H31N3O5/c1-29(2)14-23(25(31)30-16-11-12-24(30)21(13-16)26(32)33)28-27(34)35-15-22-19-9-5-3-7-17(19)18-8-4-6-10-20(18)22/h3-10,16,21-24H,11-15H2,1-2H3,(H,28,34)(H,32,33)/t16?,21?,23-,24?/m0/s1. The van der Waals surface area contributed by atoms with Gasteiger partial charge in [0.1, 0.15) is 12.6 Å². The van der Waals surface area contributed by atoms with E-state index in [0.717, 1.165) is 28.7 Å². The Labute approximate surface area is 204 Å². The summed E-state index contributed by atoms with van der Waals surface area (Å²) in [7, 11) is 3.66. The number of hydrogen-bond donors (Lipinski definition) is 2. The van der Waals surface area contributed by atoms with Gasteiger partial charge in [-0.2, -0.15) is 0 Å². The van der Waals surface area contributed by atoms with Gasteiger partial charge >= 0.3 is 12.1 Å². The van der Waals surface area contributed by atoms with Crippen molar-refractivity contribution in [1.29, 1.82) is 0 Å². The highest BCUT2D eigenvalue weighted by Crippen LogP contribution is 2.45. The Hall–Kier alpha value is -3.39. The number of fused-ring (bicyclic) bond motifs is 5. The number of hydrogen-bond acceptors (Lipinski definition) is 5. The average molecular weight is 478 g/mol. The number of nitrogens with one attached hydrogen (secondary N) is 1. The molecule has 2 heterocycles. The van der Waals surface area contributed by atoms with E-state index in [2.05, 4.69) is 29.6 Å². The van der Waals surface area contributed by atoms with Gasteiger partial charge in [-0.05, 0) is 55.6 Å². The maximum atomic E-state index is 13.5. The number of nitrogens with zero attached hydrogens (tertiary/aromatic N) is 2. The maximum absolute atomic E-state index is 13.5. The molecule has 0 spiro atoms. The lowest BCUT2D eigenvalue weighted by Crippen LogP contribution is -2.54. The highest BCUT2D eigenvalue weighted by atomic mass is 16.5. The van der Waals surface area contributed by atoms with Crippen LogP contribution in [0, 0.1) is 5.92 Å². The van der Waals surface area contributed by atoms with Gasteiger partial charge in [0.2, 0.25) is 5.91 Å². The summed E-state index contributed by atoms with van der Waals surface area (Å²) >= 11 is 0. The Balaban J connectivity index is 1.27. The predicted molar refractivity (Wildman–Crippen MR) is 130 cm³/mol. The molecule has 2 bridgehead atoms. The summed E-state index contributed by atoms with van der Waals surface area (Å²) in [6.45, 7) is 0.468. The van der Waals surface area contributed by atoms with E-state index in [-0.39, 0.29) is 30.5 Å². The van der Waals surface area contributed by atoms with Gasteiger partial charge in [-0.1, -0.05) is 48.5 Å². The molecule has 4 atom stereocenters. The van der Waals surface area contributed by atoms with E-state index in [1.165, 1.54) is 0 Å². The molecule has 2 fully saturated rings. The fourth-order valence-corrected chi connectivity index (χ4v) is 6.11. The second-order valence-electron chi connectivity index (χ2n) is 10.0. The van der Waals surface area contributed by atoms with Crippen LogP contribution in [0.5, 0.6) is 0 Å². The molecular formula is C27H31N3O5. The zero-order valence-corrected chi connectivity index (χ0v) is 20.0. The van der Waals surface area contributed by atoms with Crippen LogP contribution in [-0.4, -0.2) is 78.2 Å². The number of alkyl carbamates (subject to hydrolysis) is 1. The first-order valence-corrected chi connectivity index (χ1v) is 12.2. The van der Waals surface area contributed by atoms with Gasteiger partial charge < -0.3 is 25.0 Å². The number of amides is 2. The first kappa shape index (κ1) is 23.4. The molecule has 3 unspecified atom stereocenters. The first-order chi connectivity index (χ1) is 16.8. The normalized spacial score (nSPS) is 23.2. The van der Waals surface area contributed by atoms with Crippen molar-refractivity contribution < 1.29 is 24.2 Å². The lowest BCUT2D eigenvalue weighted by Gasteiger charge is -2.30. The molecule has 2 N–H and O–H groups in total. The number of likely N-dealkylation sites (N-methyl/N-ethyl adjacent to an activating group) is 1. The molecule has 2 aliphatic heterocycles. The average Bonchev–Trinajstić information content (AvgIpc) is 3.51. The van der Waals surface area contributed by atoms with Crippen molar-refractivity contribution >= 4 is 18.0 Å². The summed E-state index contributed by atoms with van der Waals surface area (Å²) in [6, 6.07) is 15.0. The third-order valence-electron chi connectivity index (χ3n) is 7.59. The Bertz CT molecular complexity index is 1100. The number of carbonyl (C=O) groups is 3. The minimum absolute atomic E-state index is 0.0677. The number of carbonyl (C=O) groups excluding carboxylic acids is 2.